The second kappa shape index (κ2) is 9.95. The van der Waals surface area contributed by atoms with Crippen molar-refractivity contribution >= 4 is 17.5 Å². The van der Waals surface area contributed by atoms with E-state index >= 15 is 0 Å². The smallest absolute Gasteiger partial charge is 0.253 e. The van der Waals surface area contributed by atoms with Crippen LogP contribution in [-0.2, 0) is 13.2 Å². The molecule has 34 heavy (non-hydrogen) atoms. The quantitative estimate of drug-likeness (QED) is 0.503. The normalized spacial score (nSPS) is 15.4. The van der Waals surface area contributed by atoms with Gasteiger partial charge in [-0.2, -0.15) is 0 Å². The molecule has 176 valence electrons. The molecule has 2 aliphatic heterocycles. The number of fused-ring (bicyclic) bond motifs is 1. The molecule has 0 aliphatic carbocycles. The summed E-state index contributed by atoms with van der Waals surface area (Å²) < 4.78 is 16.8. The number of rotatable bonds is 6. The van der Waals surface area contributed by atoms with Crippen molar-refractivity contribution in [2.75, 3.05) is 33.0 Å². The highest BCUT2D eigenvalue weighted by atomic mass is 35.5. The highest BCUT2D eigenvalue weighted by Crippen LogP contribution is 2.33. The van der Waals surface area contributed by atoms with Crippen LogP contribution in [0.15, 0.2) is 60.7 Å². The van der Waals surface area contributed by atoms with Crippen LogP contribution in [0.3, 0.4) is 0 Å². The number of hydrogen-bond donors (Lipinski definition) is 0. The zero-order chi connectivity index (χ0) is 23.5. The van der Waals surface area contributed by atoms with Crippen LogP contribution in [0.5, 0.6) is 17.2 Å². The molecule has 2 aliphatic rings. The zero-order valence-corrected chi connectivity index (χ0v) is 19.9. The summed E-state index contributed by atoms with van der Waals surface area (Å²) in [5.74, 6) is 2.46. The van der Waals surface area contributed by atoms with Gasteiger partial charge in [-0.05, 0) is 66.1 Å². The predicted molar refractivity (Wildman–Crippen MR) is 131 cm³/mol. The highest BCUT2D eigenvalue weighted by Gasteiger charge is 2.23. The Balaban J connectivity index is 1.15. The fourth-order valence-corrected chi connectivity index (χ4v) is 4.55. The summed E-state index contributed by atoms with van der Waals surface area (Å²) in [6.07, 6.45) is 0. The zero-order valence-electron chi connectivity index (χ0n) is 19.1. The Hall–Kier alpha value is -3.22. The second-order valence-corrected chi connectivity index (χ2v) is 9.09. The lowest BCUT2D eigenvalue weighted by Crippen LogP contribution is -2.48. The van der Waals surface area contributed by atoms with Gasteiger partial charge in [0.05, 0.1) is 0 Å². The van der Waals surface area contributed by atoms with Gasteiger partial charge < -0.3 is 19.1 Å². The van der Waals surface area contributed by atoms with Crippen molar-refractivity contribution in [3.63, 3.8) is 0 Å². The number of benzene rings is 3. The van der Waals surface area contributed by atoms with Crippen molar-refractivity contribution in [3.8, 4) is 17.2 Å². The maximum atomic E-state index is 13.1. The molecule has 2 heterocycles. The maximum Gasteiger partial charge on any atom is 0.253 e. The third kappa shape index (κ3) is 5.13. The summed E-state index contributed by atoms with van der Waals surface area (Å²) >= 11 is 6.02. The number of carbonyl (C=O) groups excluding carboxylic acids is 1. The molecule has 0 atom stereocenters. The molecule has 5 rings (SSSR count). The molecule has 1 saturated heterocycles. The third-order valence-corrected chi connectivity index (χ3v) is 6.44. The number of piperazine rings is 1. The molecule has 0 bridgehead atoms. The molecule has 0 radical (unpaired) electrons. The van der Waals surface area contributed by atoms with Crippen LogP contribution in [0.1, 0.15) is 27.0 Å². The lowest BCUT2D eigenvalue weighted by Gasteiger charge is -2.34. The molecule has 0 aromatic heterocycles. The minimum Gasteiger partial charge on any atom is -0.489 e. The van der Waals surface area contributed by atoms with Gasteiger partial charge in [-0.1, -0.05) is 29.8 Å². The molecule has 7 heteroatoms. The summed E-state index contributed by atoms with van der Waals surface area (Å²) in [4.78, 5) is 17.4. The van der Waals surface area contributed by atoms with Gasteiger partial charge in [-0.3, -0.25) is 9.69 Å². The number of nitrogens with zero attached hydrogens (tertiary/aromatic N) is 2. The van der Waals surface area contributed by atoms with E-state index in [0.29, 0.717) is 30.3 Å². The van der Waals surface area contributed by atoms with E-state index in [1.807, 2.05) is 66.4 Å². The van der Waals surface area contributed by atoms with E-state index in [9.17, 15) is 4.79 Å². The molecule has 6 nitrogen and oxygen atoms in total. The van der Waals surface area contributed by atoms with Gasteiger partial charge in [0.15, 0.2) is 11.5 Å². The number of carbonyl (C=O) groups is 1. The van der Waals surface area contributed by atoms with Gasteiger partial charge in [0, 0.05) is 43.3 Å². The van der Waals surface area contributed by atoms with E-state index in [4.69, 9.17) is 25.8 Å². The summed E-state index contributed by atoms with van der Waals surface area (Å²) in [6.45, 7) is 6.54. The average molecular weight is 479 g/mol. The average Bonchev–Trinajstić information content (AvgIpc) is 3.32. The number of aryl methyl sites for hydroxylation is 1. The standard InChI is InChI=1S/C27H27ClN2O4/c1-19-13-23(28)6-8-24(19)32-17-21-3-2-4-22(14-21)27(31)30-11-9-29(10-12-30)16-20-5-7-25-26(15-20)34-18-33-25/h2-8,13-15H,9-12,16-18H2,1H3. The van der Waals surface area contributed by atoms with Gasteiger partial charge in [0.2, 0.25) is 6.79 Å². The van der Waals surface area contributed by atoms with E-state index in [1.165, 1.54) is 5.56 Å². The van der Waals surface area contributed by atoms with Gasteiger partial charge in [-0.25, -0.2) is 0 Å². The molecule has 3 aromatic carbocycles. The van der Waals surface area contributed by atoms with Crippen molar-refractivity contribution in [1.29, 1.82) is 0 Å². The summed E-state index contributed by atoms with van der Waals surface area (Å²) in [7, 11) is 0. The summed E-state index contributed by atoms with van der Waals surface area (Å²) in [5.41, 5.74) is 3.82. The fraction of sp³-hybridized carbons (Fsp3) is 0.296. The Morgan fingerprint density at radius 1 is 0.941 bits per heavy atom. The predicted octanol–water partition coefficient (Wildman–Crippen LogP) is 4.91. The van der Waals surface area contributed by atoms with Gasteiger partial charge in [0.1, 0.15) is 12.4 Å². The Bertz CT molecular complexity index is 1190. The van der Waals surface area contributed by atoms with Crippen molar-refractivity contribution < 1.29 is 19.0 Å². The minimum absolute atomic E-state index is 0.0623. The maximum absolute atomic E-state index is 13.1. The first kappa shape index (κ1) is 22.6. The molecule has 3 aromatic rings. The van der Waals surface area contributed by atoms with Crippen LogP contribution in [0.4, 0.5) is 0 Å². The molecule has 0 unspecified atom stereocenters. The van der Waals surface area contributed by atoms with E-state index < -0.39 is 0 Å². The molecular formula is C27H27ClN2O4. The first-order valence-electron chi connectivity index (χ1n) is 11.4. The summed E-state index contributed by atoms with van der Waals surface area (Å²) in [5, 5.41) is 0.688. The number of halogens is 1. The Labute approximate surface area is 204 Å². The number of amides is 1. The lowest BCUT2D eigenvalue weighted by atomic mass is 10.1. The van der Waals surface area contributed by atoms with E-state index in [0.717, 1.165) is 48.0 Å². The van der Waals surface area contributed by atoms with Crippen molar-refractivity contribution in [2.24, 2.45) is 0 Å². The SMILES string of the molecule is Cc1cc(Cl)ccc1OCc1cccc(C(=O)N2CCN(Cc3ccc4c(c3)OCO4)CC2)c1. The monoisotopic (exact) mass is 478 g/mol. The van der Waals surface area contributed by atoms with Crippen molar-refractivity contribution in [3.05, 3.63) is 87.9 Å². The van der Waals surface area contributed by atoms with Crippen LogP contribution in [0.25, 0.3) is 0 Å². The number of ether oxygens (including phenoxy) is 3. The third-order valence-electron chi connectivity index (χ3n) is 6.21. The van der Waals surface area contributed by atoms with Gasteiger partial charge in [0.25, 0.3) is 5.91 Å². The van der Waals surface area contributed by atoms with E-state index in [2.05, 4.69) is 11.0 Å². The van der Waals surface area contributed by atoms with Gasteiger partial charge in [-0.15, -0.1) is 0 Å². The highest BCUT2D eigenvalue weighted by molar-refractivity contribution is 6.30. The lowest BCUT2D eigenvalue weighted by molar-refractivity contribution is 0.0628. The van der Waals surface area contributed by atoms with Crippen LogP contribution in [-0.4, -0.2) is 48.7 Å². The van der Waals surface area contributed by atoms with E-state index in [1.54, 1.807) is 0 Å². The van der Waals surface area contributed by atoms with Crippen molar-refractivity contribution in [1.82, 2.24) is 9.80 Å². The van der Waals surface area contributed by atoms with Gasteiger partial charge >= 0.3 is 0 Å². The van der Waals surface area contributed by atoms with Crippen molar-refractivity contribution in [2.45, 2.75) is 20.1 Å². The molecule has 0 spiro atoms. The minimum atomic E-state index is 0.0623. The molecular weight excluding hydrogens is 452 g/mol. The fourth-order valence-electron chi connectivity index (χ4n) is 4.32. The Kier molecular flexibility index (Phi) is 6.61. The van der Waals surface area contributed by atoms with Crippen LogP contribution in [0, 0.1) is 6.92 Å². The molecule has 1 fully saturated rings. The molecule has 1 amide bonds. The largest absolute Gasteiger partial charge is 0.489 e. The first-order valence-corrected chi connectivity index (χ1v) is 11.8. The van der Waals surface area contributed by atoms with E-state index in [-0.39, 0.29) is 12.7 Å². The van der Waals surface area contributed by atoms with Crippen LogP contribution < -0.4 is 14.2 Å². The Morgan fingerprint density at radius 3 is 2.59 bits per heavy atom. The van der Waals surface area contributed by atoms with Crippen LogP contribution >= 0.6 is 11.6 Å². The Morgan fingerprint density at radius 2 is 1.76 bits per heavy atom. The summed E-state index contributed by atoms with van der Waals surface area (Å²) in [6, 6.07) is 19.3. The number of hydrogen-bond acceptors (Lipinski definition) is 5. The first-order chi connectivity index (χ1) is 16.5. The molecule has 0 saturated carbocycles. The molecule has 0 N–H and O–H groups in total. The van der Waals surface area contributed by atoms with Crippen LogP contribution in [0.2, 0.25) is 5.02 Å². The second-order valence-electron chi connectivity index (χ2n) is 8.65. The topological polar surface area (TPSA) is 51.2 Å².